The first-order chi connectivity index (χ1) is 8.00. The van der Waals surface area contributed by atoms with E-state index in [-0.39, 0.29) is 23.7 Å². The minimum atomic E-state index is -3.72. The molecule has 5 nitrogen and oxygen atoms in total. The number of hydrogen-bond donors (Lipinski definition) is 1. The normalized spacial score (nSPS) is 17.9. The van der Waals surface area contributed by atoms with Gasteiger partial charge in [0.1, 0.15) is 5.76 Å². The highest BCUT2D eigenvalue weighted by Crippen LogP contribution is 2.18. The smallest absolute Gasteiger partial charge is 0.243 e. The lowest BCUT2D eigenvalue weighted by Gasteiger charge is -2.23. The Hall–Kier alpha value is -1.66. The highest BCUT2D eigenvalue weighted by molar-refractivity contribution is 7.89. The van der Waals surface area contributed by atoms with E-state index in [0.29, 0.717) is 0 Å². The number of hydrogen-bond acceptors (Lipinski definition) is 4. The Morgan fingerprint density at radius 3 is 2.35 bits per heavy atom. The van der Waals surface area contributed by atoms with Crippen LogP contribution in [0.25, 0.3) is 0 Å². The number of nitrogens with zero attached hydrogens (tertiary/aromatic N) is 1. The molecule has 6 heteroatoms. The Kier molecular flexibility index (Phi) is 2.99. The summed E-state index contributed by atoms with van der Waals surface area (Å²) in [5, 5.41) is 9.29. The van der Waals surface area contributed by atoms with E-state index >= 15 is 0 Å². The Labute approximate surface area is 99.0 Å². The second-order valence-corrected chi connectivity index (χ2v) is 5.63. The lowest BCUT2D eigenvalue weighted by atomic mass is 10.2. The van der Waals surface area contributed by atoms with Crippen LogP contribution < -0.4 is 0 Å². The highest BCUT2D eigenvalue weighted by Gasteiger charge is 2.29. The Morgan fingerprint density at radius 2 is 1.76 bits per heavy atom. The zero-order valence-corrected chi connectivity index (χ0v) is 9.72. The fourth-order valence-electron chi connectivity index (χ4n) is 1.60. The zero-order chi connectivity index (χ0) is 12.5. The van der Waals surface area contributed by atoms with Crippen LogP contribution in [-0.2, 0) is 14.8 Å². The zero-order valence-electron chi connectivity index (χ0n) is 8.91. The molecule has 1 aliphatic heterocycles. The van der Waals surface area contributed by atoms with Crippen LogP contribution in [0.4, 0.5) is 0 Å². The van der Waals surface area contributed by atoms with Gasteiger partial charge in [-0.2, -0.15) is 4.31 Å². The van der Waals surface area contributed by atoms with Crippen LogP contribution in [0.15, 0.2) is 47.1 Å². The molecule has 0 bridgehead atoms. The van der Waals surface area contributed by atoms with E-state index in [1.165, 1.54) is 12.1 Å². The van der Waals surface area contributed by atoms with Gasteiger partial charge >= 0.3 is 0 Å². The second-order valence-electron chi connectivity index (χ2n) is 3.69. The van der Waals surface area contributed by atoms with Gasteiger partial charge in [-0.1, -0.05) is 18.2 Å². The Balaban J connectivity index is 2.35. The maximum Gasteiger partial charge on any atom is 0.243 e. The number of ketones is 1. The standard InChI is InChI=1S/C11H11NO4S/c13-9-6-10(14)8-12(7-9)17(15,16)11-4-2-1-3-5-11/h1-6,13H,7-8H2. The van der Waals surface area contributed by atoms with E-state index in [4.69, 9.17) is 0 Å². The van der Waals surface area contributed by atoms with Crippen molar-refractivity contribution in [2.24, 2.45) is 0 Å². The number of rotatable bonds is 2. The monoisotopic (exact) mass is 253 g/mol. The summed E-state index contributed by atoms with van der Waals surface area (Å²) < 4.78 is 25.2. The van der Waals surface area contributed by atoms with Crippen LogP contribution in [-0.4, -0.2) is 36.7 Å². The minimum absolute atomic E-state index is 0.113. The molecule has 1 aromatic carbocycles. The number of carbonyl (C=O) groups is 1. The predicted molar refractivity (Wildman–Crippen MR) is 60.9 cm³/mol. The van der Waals surface area contributed by atoms with Gasteiger partial charge in [-0.25, -0.2) is 8.42 Å². The fourth-order valence-corrected chi connectivity index (χ4v) is 3.00. The van der Waals surface area contributed by atoms with Crippen LogP contribution in [0.3, 0.4) is 0 Å². The van der Waals surface area contributed by atoms with Crippen LogP contribution in [0.2, 0.25) is 0 Å². The summed E-state index contributed by atoms with van der Waals surface area (Å²) in [5.74, 6) is -0.658. The van der Waals surface area contributed by atoms with Crippen molar-refractivity contribution < 1.29 is 18.3 Å². The lowest BCUT2D eigenvalue weighted by Crippen LogP contribution is -2.39. The Morgan fingerprint density at radius 1 is 1.12 bits per heavy atom. The summed E-state index contributed by atoms with van der Waals surface area (Å²) in [6.07, 6.45) is 1.05. The molecule has 1 heterocycles. The van der Waals surface area contributed by atoms with Crippen molar-refractivity contribution in [2.45, 2.75) is 4.90 Å². The van der Waals surface area contributed by atoms with E-state index < -0.39 is 15.8 Å². The first kappa shape index (κ1) is 11.8. The molecule has 17 heavy (non-hydrogen) atoms. The molecule has 2 rings (SSSR count). The van der Waals surface area contributed by atoms with Crippen molar-refractivity contribution in [1.29, 1.82) is 0 Å². The predicted octanol–water partition coefficient (Wildman–Crippen LogP) is 0.702. The quantitative estimate of drug-likeness (QED) is 0.842. The molecule has 0 aliphatic carbocycles. The van der Waals surface area contributed by atoms with Crippen molar-refractivity contribution >= 4 is 15.8 Å². The van der Waals surface area contributed by atoms with E-state index in [2.05, 4.69) is 0 Å². The molecule has 0 atom stereocenters. The molecule has 0 radical (unpaired) electrons. The lowest BCUT2D eigenvalue weighted by molar-refractivity contribution is -0.115. The Bertz CT molecular complexity index is 562. The molecular weight excluding hydrogens is 242 g/mol. The van der Waals surface area contributed by atoms with Gasteiger partial charge in [-0.05, 0) is 12.1 Å². The molecular formula is C11H11NO4S. The summed E-state index contributed by atoms with van der Waals surface area (Å²) in [7, 11) is -3.72. The number of carbonyl (C=O) groups excluding carboxylic acids is 1. The maximum absolute atomic E-state index is 12.1. The number of aliphatic hydroxyl groups is 1. The SMILES string of the molecule is O=C1C=C(O)CN(S(=O)(=O)c2ccccc2)C1. The van der Waals surface area contributed by atoms with Crippen molar-refractivity contribution in [3.05, 3.63) is 42.2 Å². The average molecular weight is 253 g/mol. The molecule has 1 aromatic rings. The molecule has 0 unspecified atom stereocenters. The summed E-state index contributed by atoms with van der Waals surface area (Å²) in [4.78, 5) is 11.3. The van der Waals surface area contributed by atoms with Crippen molar-refractivity contribution in [1.82, 2.24) is 4.31 Å². The number of benzene rings is 1. The van der Waals surface area contributed by atoms with Crippen LogP contribution in [0, 0.1) is 0 Å². The third kappa shape index (κ3) is 2.37. The summed E-state index contributed by atoms with van der Waals surface area (Å²) >= 11 is 0. The van der Waals surface area contributed by atoms with Gasteiger partial charge in [0.2, 0.25) is 10.0 Å². The topological polar surface area (TPSA) is 74.7 Å². The molecule has 1 aliphatic rings. The molecule has 1 N–H and O–H groups in total. The first-order valence-electron chi connectivity index (χ1n) is 4.98. The third-order valence-electron chi connectivity index (χ3n) is 2.38. The van der Waals surface area contributed by atoms with Gasteiger partial charge in [0, 0.05) is 6.08 Å². The third-order valence-corrected chi connectivity index (χ3v) is 4.19. The first-order valence-corrected chi connectivity index (χ1v) is 6.42. The van der Waals surface area contributed by atoms with Crippen molar-refractivity contribution in [2.75, 3.05) is 13.1 Å². The van der Waals surface area contributed by atoms with Crippen LogP contribution in [0.1, 0.15) is 0 Å². The number of sulfonamides is 1. The number of aliphatic hydroxyl groups excluding tert-OH is 1. The summed E-state index contributed by atoms with van der Waals surface area (Å²) in [6, 6.07) is 7.82. The van der Waals surface area contributed by atoms with E-state index in [9.17, 15) is 18.3 Å². The molecule has 0 fully saturated rings. The highest BCUT2D eigenvalue weighted by atomic mass is 32.2. The molecule has 0 aromatic heterocycles. The maximum atomic E-state index is 12.1. The summed E-state index contributed by atoms with van der Waals surface area (Å²) in [6.45, 7) is -0.399. The molecule has 0 saturated carbocycles. The van der Waals surface area contributed by atoms with Gasteiger partial charge in [0.25, 0.3) is 0 Å². The molecule has 0 saturated heterocycles. The molecule has 0 spiro atoms. The van der Waals surface area contributed by atoms with Crippen molar-refractivity contribution in [3.63, 3.8) is 0 Å². The largest absolute Gasteiger partial charge is 0.511 e. The fraction of sp³-hybridized carbons (Fsp3) is 0.182. The molecule has 90 valence electrons. The van der Waals surface area contributed by atoms with Crippen molar-refractivity contribution in [3.8, 4) is 0 Å². The minimum Gasteiger partial charge on any atom is -0.511 e. The van der Waals surface area contributed by atoms with Gasteiger partial charge in [-0.15, -0.1) is 0 Å². The second kappa shape index (κ2) is 4.31. The van der Waals surface area contributed by atoms with Gasteiger partial charge in [-0.3, -0.25) is 4.79 Å². The van der Waals surface area contributed by atoms with E-state index in [1.54, 1.807) is 18.2 Å². The van der Waals surface area contributed by atoms with Crippen LogP contribution >= 0.6 is 0 Å². The van der Waals surface area contributed by atoms with E-state index in [0.717, 1.165) is 10.4 Å². The van der Waals surface area contributed by atoms with Gasteiger partial charge < -0.3 is 5.11 Å². The van der Waals surface area contributed by atoms with Gasteiger partial charge in [0.15, 0.2) is 5.78 Å². The van der Waals surface area contributed by atoms with E-state index in [1.807, 2.05) is 0 Å². The average Bonchev–Trinajstić information content (AvgIpc) is 2.29. The summed E-state index contributed by atoms with van der Waals surface area (Å²) in [5.41, 5.74) is 0. The molecule has 0 amide bonds. The van der Waals surface area contributed by atoms with Gasteiger partial charge in [0.05, 0.1) is 18.0 Å². The van der Waals surface area contributed by atoms with Crippen LogP contribution in [0.5, 0.6) is 0 Å².